The monoisotopic (exact) mass is 212 g/mol. The summed E-state index contributed by atoms with van der Waals surface area (Å²) in [7, 11) is 2.22. The van der Waals surface area contributed by atoms with Crippen molar-refractivity contribution in [2.45, 2.75) is 44.9 Å². The third kappa shape index (κ3) is 2.92. The molecule has 2 saturated heterocycles. The smallest absolute Gasteiger partial charge is 0.0678 e. The van der Waals surface area contributed by atoms with Gasteiger partial charge in [-0.05, 0) is 46.8 Å². The Morgan fingerprint density at radius 2 is 1.53 bits per heavy atom. The second-order valence-electron chi connectivity index (χ2n) is 5.25. The average Bonchev–Trinajstić information content (AvgIpc) is 2.17. The Morgan fingerprint density at radius 1 is 1.00 bits per heavy atom. The van der Waals surface area contributed by atoms with Crippen LogP contribution in [0.1, 0.15) is 26.7 Å². The molecular formula is C12H24N2O. The summed E-state index contributed by atoms with van der Waals surface area (Å²) in [4.78, 5) is 5.08. The summed E-state index contributed by atoms with van der Waals surface area (Å²) >= 11 is 0. The van der Waals surface area contributed by atoms with Crippen LogP contribution in [0, 0.1) is 0 Å². The van der Waals surface area contributed by atoms with Gasteiger partial charge in [0, 0.05) is 19.1 Å². The topological polar surface area (TPSA) is 15.7 Å². The van der Waals surface area contributed by atoms with Crippen LogP contribution in [0.3, 0.4) is 0 Å². The van der Waals surface area contributed by atoms with Gasteiger partial charge in [0.05, 0.1) is 12.2 Å². The molecule has 2 rings (SSSR count). The van der Waals surface area contributed by atoms with Crippen LogP contribution in [0.25, 0.3) is 0 Å². The summed E-state index contributed by atoms with van der Waals surface area (Å²) in [5.74, 6) is 0. The molecule has 2 aliphatic rings. The van der Waals surface area contributed by atoms with E-state index in [4.69, 9.17) is 4.74 Å². The van der Waals surface area contributed by atoms with Crippen LogP contribution in [-0.4, -0.2) is 61.3 Å². The lowest BCUT2D eigenvalue weighted by molar-refractivity contribution is -0.0858. The van der Waals surface area contributed by atoms with Gasteiger partial charge in [0.25, 0.3) is 0 Å². The summed E-state index contributed by atoms with van der Waals surface area (Å²) < 4.78 is 5.78. The Balaban J connectivity index is 1.87. The molecule has 0 spiro atoms. The van der Waals surface area contributed by atoms with Crippen LogP contribution in [0.4, 0.5) is 0 Å². The maximum Gasteiger partial charge on any atom is 0.0678 e. The van der Waals surface area contributed by atoms with Crippen molar-refractivity contribution in [2.24, 2.45) is 0 Å². The molecule has 15 heavy (non-hydrogen) atoms. The molecule has 0 radical (unpaired) electrons. The summed E-state index contributed by atoms with van der Waals surface area (Å²) in [5.41, 5.74) is 0. The predicted octanol–water partition coefficient (Wildman–Crippen LogP) is 1.19. The van der Waals surface area contributed by atoms with Crippen LogP contribution in [0.2, 0.25) is 0 Å². The van der Waals surface area contributed by atoms with Gasteiger partial charge in [0.15, 0.2) is 0 Å². The van der Waals surface area contributed by atoms with E-state index in [2.05, 4.69) is 30.7 Å². The van der Waals surface area contributed by atoms with E-state index in [0.29, 0.717) is 12.2 Å². The summed E-state index contributed by atoms with van der Waals surface area (Å²) in [5, 5.41) is 0. The minimum atomic E-state index is 0.411. The minimum Gasteiger partial charge on any atom is -0.373 e. The van der Waals surface area contributed by atoms with Gasteiger partial charge in [0.2, 0.25) is 0 Å². The van der Waals surface area contributed by atoms with Crippen molar-refractivity contribution in [2.75, 3.05) is 33.2 Å². The third-order valence-electron chi connectivity index (χ3n) is 3.65. The molecule has 88 valence electrons. The molecule has 2 heterocycles. The van der Waals surface area contributed by atoms with Gasteiger partial charge in [-0.1, -0.05) is 0 Å². The molecule has 0 aromatic carbocycles. The van der Waals surface area contributed by atoms with Crippen molar-refractivity contribution in [1.82, 2.24) is 9.80 Å². The van der Waals surface area contributed by atoms with E-state index < -0.39 is 0 Å². The molecule has 0 saturated carbocycles. The molecule has 0 unspecified atom stereocenters. The Hall–Kier alpha value is -0.120. The molecule has 0 bridgehead atoms. The fraction of sp³-hybridized carbons (Fsp3) is 1.00. The van der Waals surface area contributed by atoms with Gasteiger partial charge in [-0.2, -0.15) is 0 Å². The van der Waals surface area contributed by atoms with Gasteiger partial charge < -0.3 is 9.64 Å². The molecule has 3 nitrogen and oxygen atoms in total. The highest BCUT2D eigenvalue weighted by Gasteiger charge is 2.29. The van der Waals surface area contributed by atoms with Crippen molar-refractivity contribution < 1.29 is 4.74 Å². The first-order chi connectivity index (χ1) is 7.15. The van der Waals surface area contributed by atoms with Crippen LogP contribution >= 0.6 is 0 Å². The van der Waals surface area contributed by atoms with Crippen LogP contribution in [-0.2, 0) is 4.74 Å². The lowest BCUT2D eigenvalue weighted by Gasteiger charge is -2.43. The number of piperidine rings is 1. The average molecular weight is 212 g/mol. The van der Waals surface area contributed by atoms with Crippen molar-refractivity contribution >= 4 is 0 Å². The van der Waals surface area contributed by atoms with Gasteiger partial charge in [-0.25, -0.2) is 0 Å². The zero-order valence-electron chi connectivity index (χ0n) is 10.3. The SMILES string of the molecule is C[C@H]1CN(C2CCN(C)CC2)C[C@H](C)O1. The van der Waals surface area contributed by atoms with E-state index in [0.717, 1.165) is 19.1 Å². The third-order valence-corrected chi connectivity index (χ3v) is 3.65. The molecular weight excluding hydrogens is 188 g/mol. The highest BCUT2D eigenvalue weighted by molar-refractivity contribution is 4.83. The number of hydrogen-bond acceptors (Lipinski definition) is 3. The zero-order chi connectivity index (χ0) is 10.8. The van der Waals surface area contributed by atoms with Gasteiger partial charge in [0.1, 0.15) is 0 Å². The first-order valence-electron chi connectivity index (χ1n) is 6.23. The molecule has 3 heteroatoms. The molecule has 2 aliphatic heterocycles. The van der Waals surface area contributed by atoms with Crippen LogP contribution in [0.5, 0.6) is 0 Å². The van der Waals surface area contributed by atoms with Crippen molar-refractivity contribution in [3.05, 3.63) is 0 Å². The van der Waals surface area contributed by atoms with Crippen LogP contribution < -0.4 is 0 Å². The normalized spacial score (nSPS) is 37.0. The first kappa shape index (κ1) is 11.4. The molecule has 2 atom stereocenters. The molecule has 0 aliphatic carbocycles. The number of ether oxygens (including phenoxy) is 1. The quantitative estimate of drug-likeness (QED) is 0.649. The fourth-order valence-corrected chi connectivity index (χ4v) is 2.88. The highest BCUT2D eigenvalue weighted by atomic mass is 16.5. The van der Waals surface area contributed by atoms with Gasteiger partial charge in [-0.3, -0.25) is 4.90 Å². The maximum absolute atomic E-state index is 5.78. The predicted molar refractivity (Wildman–Crippen MR) is 62.1 cm³/mol. The number of rotatable bonds is 1. The molecule has 0 aromatic rings. The number of nitrogens with zero attached hydrogens (tertiary/aromatic N) is 2. The first-order valence-corrected chi connectivity index (χ1v) is 6.23. The van der Waals surface area contributed by atoms with E-state index in [1.165, 1.54) is 25.9 Å². The summed E-state index contributed by atoms with van der Waals surface area (Å²) in [6, 6.07) is 0.801. The second kappa shape index (κ2) is 4.81. The van der Waals surface area contributed by atoms with Crippen molar-refractivity contribution in [1.29, 1.82) is 0 Å². The maximum atomic E-state index is 5.78. The van der Waals surface area contributed by atoms with Crippen molar-refractivity contribution in [3.8, 4) is 0 Å². The van der Waals surface area contributed by atoms with E-state index >= 15 is 0 Å². The van der Waals surface area contributed by atoms with Crippen LogP contribution in [0.15, 0.2) is 0 Å². The van der Waals surface area contributed by atoms with E-state index in [1.54, 1.807) is 0 Å². The number of likely N-dealkylation sites (tertiary alicyclic amines) is 1. The zero-order valence-corrected chi connectivity index (χ0v) is 10.3. The lowest BCUT2D eigenvalue weighted by atomic mass is 10.0. The van der Waals surface area contributed by atoms with E-state index in [-0.39, 0.29) is 0 Å². The highest BCUT2D eigenvalue weighted by Crippen LogP contribution is 2.20. The molecule has 2 fully saturated rings. The van der Waals surface area contributed by atoms with E-state index in [9.17, 15) is 0 Å². The standard InChI is InChI=1S/C12H24N2O/c1-10-8-14(9-11(2)15-10)12-4-6-13(3)7-5-12/h10-12H,4-9H2,1-3H3/t10-,11-/m0/s1. The Kier molecular flexibility index (Phi) is 3.65. The summed E-state index contributed by atoms with van der Waals surface area (Å²) in [6.07, 6.45) is 3.48. The molecule has 0 aromatic heterocycles. The lowest BCUT2D eigenvalue weighted by Crippen LogP contribution is -2.52. The summed E-state index contributed by atoms with van der Waals surface area (Å²) in [6.45, 7) is 9.14. The molecule has 0 N–H and O–H groups in total. The number of hydrogen-bond donors (Lipinski definition) is 0. The minimum absolute atomic E-state index is 0.411. The van der Waals surface area contributed by atoms with Crippen molar-refractivity contribution in [3.63, 3.8) is 0 Å². The molecule has 0 amide bonds. The largest absolute Gasteiger partial charge is 0.373 e. The fourth-order valence-electron chi connectivity index (χ4n) is 2.88. The Morgan fingerprint density at radius 3 is 2.07 bits per heavy atom. The van der Waals surface area contributed by atoms with Gasteiger partial charge >= 0.3 is 0 Å². The number of morpholine rings is 1. The van der Waals surface area contributed by atoms with E-state index in [1.807, 2.05) is 0 Å². The Bertz CT molecular complexity index is 192. The Labute approximate surface area is 93.4 Å². The second-order valence-corrected chi connectivity index (χ2v) is 5.25. The van der Waals surface area contributed by atoms with Gasteiger partial charge in [-0.15, -0.1) is 0 Å².